The average molecular weight is 322 g/mol. The minimum atomic E-state index is -1.53. The molecule has 3 atom stereocenters. The Labute approximate surface area is 129 Å². The molecule has 23 heavy (non-hydrogen) atoms. The minimum absolute atomic E-state index is 0.0580. The van der Waals surface area contributed by atoms with Crippen LogP contribution in [0.2, 0.25) is 0 Å². The summed E-state index contributed by atoms with van der Waals surface area (Å²) >= 11 is 0. The summed E-state index contributed by atoms with van der Waals surface area (Å²) in [5.41, 5.74) is -0.00314. The van der Waals surface area contributed by atoms with Crippen molar-refractivity contribution in [1.82, 2.24) is 0 Å². The van der Waals surface area contributed by atoms with Crippen molar-refractivity contribution in [3.05, 3.63) is 35.4 Å². The molecule has 1 aliphatic rings. The first kappa shape index (κ1) is 15.1. The minimum Gasteiger partial charge on any atom is -0.508 e. The van der Waals surface area contributed by atoms with Crippen molar-refractivity contribution in [2.75, 3.05) is 0 Å². The Bertz CT molecular complexity index is 749. The highest BCUT2D eigenvalue weighted by molar-refractivity contribution is 5.55. The number of hydrogen-bond acceptors (Lipinski definition) is 8. The van der Waals surface area contributed by atoms with Gasteiger partial charge in [0.1, 0.15) is 29.5 Å². The smallest absolute Gasteiger partial charge is 0.200 e. The monoisotopic (exact) mass is 322 g/mol. The largest absolute Gasteiger partial charge is 0.508 e. The lowest BCUT2D eigenvalue weighted by Crippen LogP contribution is -2.34. The molecule has 2 unspecified atom stereocenters. The van der Waals surface area contributed by atoms with E-state index in [1.54, 1.807) is 0 Å². The standard InChI is InChI=1S/C15H14O8/c16-6-3-7(17)11-10(4-6)23-15(14(22)13(11)21)5-1-8(18)12(20)9(19)2-5/h1-4,13-22H/t13?,14?,15-/m1/s1. The molecule has 3 rings (SSSR count). The number of rotatable bonds is 1. The van der Waals surface area contributed by atoms with Crippen molar-refractivity contribution >= 4 is 0 Å². The molecule has 0 bridgehead atoms. The maximum Gasteiger partial charge on any atom is 0.200 e. The van der Waals surface area contributed by atoms with Crippen molar-refractivity contribution in [3.8, 4) is 34.5 Å². The van der Waals surface area contributed by atoms with E-state index >= 15 is 0 Å². The third kappa shape index (κ3) is 2.33. The molecule has 2 aromatic rings. The number of hydrogen-bond donors (Lipinski definition) is 7. The third-order valence-electron chi connectivity index (χ3n) is 3.71. The Morgan fingerprint density at radius 2 is 1.39 bits per heavy atom. The van der Waals surface area contributed by atoms with Crippen LogP contribution in [-0.4, -0.2) is 41.8 Å². The van der Waals surface area contributed by atoms with Crippen molar-refractivity contribution in [2.24, 2.45) is 0 Å². The number of phenols is 5. The first-order chi connectivity index (χ1) is 10.8. The lowest BCUT2D eigenvalue weighted by molar-refractivity contribution is -0.0711. The maximum absolute atomic E-state index is 10.2. The van der Waals surface area contributed by atoms with E-state index in [1.807, 2.05) is 0 Å². The van der Waals surface area contributed by atoms with Crippen LogP contribution in [0.5, 0.6) is 34.5 Å². The molecule has 2 aromatic carbocycles. The molecule has 122 valence electrons. The number of aliphatic hydroxyl groups is 2. The summed E-state index contributed by atoms with van der Waals surface area (Å²) in [7, 11) is 0. The zero-order valence-corrected chi connectivity index (χ0v) is 11.6. The first-order valence-corrected chi connectivity index (χ1v) is 6.63. The van der Waals surface area contributed by atoms with Crippen LogP contribution in [0.3, 0.4) is 0 Å². The van der Waals surface area contributed by atoms with Gasteiger partial charge in [0.25, 0.3) is 0 Å². The van der Waals surface area contributed by atoms with Crippen LogP contribution in [0.1, 0.15) is 23.3 Å². The summed E-state index contributed by atoms with van der Waals surface area (Å²) < 4.78 is 5.48. The SMILES string of the molecule is Oc1cc(O)c2c(c1)O[C@H](c1cc(O)c(O)c(O)c1)C(O)C2O. The lowest BCUT2D eigenvalue weighted by atomic mass is 9.91. The van der Waals surface area contributed by atoms with E-state index in [1.165, 1.54) is 0 Å². The fraction of sp³-hybridized carbons (Fsp3) is 0.200. The number of phenolic OH excluding ortho intramolecular Hbond substituents is 5. The molecule has 8 heteroatoms. The van der Waals surface area contributed by atoms with Crippen molar-refractivity contribution in [3.63, 3.8) is 0 Å². The Hall–Kier alpha value is -2.84. The van der Waals surface area contributed by atoms with Gasteiger partial charge < -0.3 is 40.5 Å². The number of ether oxygens (including phenoxy) is 1. The highest BCUT2D eigenvalue weighted by atomic mass is 16.5. The number of fused-ring (bicyclic) bond motifs is 1. The van der Waals surface area contributed by atoms with E-state index in [2.05, 4.69) is 0 Å². The van der Waals surface area contributed by atoms with Gasteiger partial charge in [-0.2, -0.15) is 0 Å². The van der Waals surface area contributed by atoms with Gasteiger partial charge in [0.15, 0.2) is 23.4 Å². The van der Waals surface area contributed by atoms with Crippen LogP contribution in [0, 0.1) is 0 Å². The van der Waals surface area contributed by atoms with Crippen LogP contribution in [0.25, 0.3) is 0 Å². The molecule has 0 saturated heterocycles. The second-order valence-electron chi connectivity index (χ2n) is 5.26. The zero-order valence-electron chi connectivity index (χ0n) is 11.6. The predicted octanol–water partition coefficient (Wildman–Crippen LogP) is 0.743. The molecule has 7 N–H and O–H groups in total. The number of aromatic hydroxyl groups is 5. The molecular weight excluding hydrogens is 308 g/mol. The molecule has 0 amide bonds. The van der Waals surface area contributed by atoms with Crippen LogP contribution >= 0.6 is 0 Å². The van der Waals surface area contributed by atoms with Gasteiger partial charge in [0.05, 0.1) is 5.56 Å². The molecular formula is C15H14O8. The molecule has 8 nitrogen and oxygen atoms in total. The number of benzene rings is 2. The number of aliphatic hydroxyl groups excluding tert-OH is 2. The molecule has 0 spiro atoms. The predicted molar refractivity (Wildman–Crippen MR) is 75.5 cm³/mol. The van der Waals surface area contributed by atoms with Gasteiger partial charge in [0, 0.05) is 17.7 Å². The van der Waals surface area contributed by atoms with Crippen LogP contribution in [0.4, 0.5) is 0 Å². The second kappa shape index (κ2) is 5.11. The van der Waals surface area contributed by atoms with Gasteiger partial charge in [0.2, 0.25) is 0 Å². The Morgan fingerprint density at radius 1 is 0.783 bits per heavy atom. The molecule has 0 saturated carbocycles. The highest BCUT2D eigenvalue weighted by Gasteiger charge is 2.39. The molecule has 1 aliphatic heterocycles. The van der Waals surface area contributed by atoms with Crippen molar-refractivity contribution in [1.29, 1.82) is 0 Å². The average Bonchev–Trinajstić information content (AvgIpc) is 2.47. The van der Waals surface area contributed by atoms with E-state index in [-0.39, 0.29) is 22.6 Å². The van der Waals surface area contributed by atoms with Gasteiger partial charge in [-0.1, -0.05) is 0 Å². The van der Waals surface area contributed by atoms with E-state index in [0.717, 1.165) is 24.3 Å². The molecule has 0 radical (unpaired) electrons. The lowest BCUT2D eigenvalue weighted by Gasteiger charge is -2.34. The molecule has 0 aliphatic carbocycles. The van der Waals surface area contributed by atoms with E-state index < -0.39 is 41.3 Å². The second-order valence-corrected chi connectivity index (χ2v) is 5.26. The third-order valence-corrected chi connectivity index (χ3v) is 3.71. The Kier molecular flexibility index (Phi) is 3.35. The summed E-state index contributed by atoms with van der Waals surface area (Å²) in [5, 5.41) is 68.2. The summed E-state index contributed by atoms with van der Waals surface area (Å²) in [5.74, 6) is -2.79. The Balaban J connectivity index is 2.09. The summed E-state index contributed by atoms with van der Waals surface area (Å²) in [6.07, 6.45) is -4.26. The van der Waals surface area contributed by atoms with Gasteiger partial charge >= 0.3 is 0 Å². The quantitative estimate of drug-likeness (QED) is 0.380. The van der Waals surface area contributed by atoms with Crippen LogP contribution in [-0.2, 0) is 0 Å². The maximum atomic E-state index is 10.2. The normalized spacial score (nSPS) is 23.1. The van der Waals surface area contributed by atoms with Gasteiger partial charge in [-0.3, -0.25) is 0 Å². The topological polar surface area (TPSA) is 151 Å². The molecule has 0 fully saturated rings. The van der Waals surface area contributed by atoms with Crippen LogP contribution in [0.15, 0.2) is 24.3 Å². The van der Waals surface area contributed by atoms with Gasteiger partial charge in [-0.15, -0.1) is 0 Å². The van der Waals surface area contributed by atoms with Crippen molar-refractivity contribution < 1.29 is 40.5 Å². The van der Waals surface area contributed by atoms with Crippen LogP contribution < -0.4 is 4.74 Å². The summed E-state index contributed by atoms with van der Waals surface area (Å²) in [6.45, 7) is 0. The van der Waals surface area contributed by atoms with Crippen molar-refractivity contribution in [2.45, 2.75) is 18.3 Å². The molecule has 1 heterocycles. The van der Waals surface area contributed by atoms with E-state index in [9.17, 15) is 35.7 Å². The molecule has 0 aromatic heterocycles. The van der Waals surface area contributed by atoms with Gasteiger partial charge in [-0.25, -0.2) is 0 Å². The summed E-state index contributed by atoms with van der Waals surface area (Å²) in [6, 6.07) is 4.26. The zero-order chi connectivity index (χ0) is 16.9. The van der Waals surface area contributed by atoms with E-state index in [0.29, 0.717) is 0 Å². The van der Waals surface area contributed by atoms with Gasteiger partial charge in [-0.05, 0) is 12.1 Å². The highest BCUT2D eigenvalue weighted by Crippen LogP contribution is 2.48. The summed E-state index contributed by atoms with van der Waals surface area (Å²) in [4.78, 5) is 0. The fourth-order valence-corrected chi connectivity index (χ4v) is 2.59. The first-order valence-electron chi connectivity index (χ1n) is 6.63. The Morgan fingerprint density at radius 3 is 2.00 bits per heavy atom. The fourth-order valence-electron chi connectivity index (χ4n) is 2.59. The van der Waals surface area contributed by atoms with E-state index in [4.69, 9.17) is 4.74 Å².